The van der Waals surface area contributed by atoms with E-state index >= 15 is 0 Å². The van der Waals surface area contributed by atoms with Crippen LogP contribution in [0.2, 0.25) is 0 Å². The third-order valence-corrected chi connectivity index (χ3v) is 2.51. The van der Waals surface area contributed by atoms with Gasteiger partial charge in [-0.1, -0.05) is 18.3 Å². The molecular formula is C6H6O3S2. The Morgan fingerprint density at radius 3 is 2.91 bits per heavy atom. The van der Waals surface area contributed by atoms with Crippen molar-refractivity contribution in [3.8, 4) is 0 Å². The standard InChI is InChI=1S/C6H6O3S2/c1-3(5(7)8)4-2-11-6(10)9-4/h4H,1-2H2,(H,7,8). The lowest BCUT2D eigenvalue weighted by atomic mass is 10.2. The second-order valence-corrected chi connectivity index (χ2v) is 3.62. The Labute approximate surface area is 73.4 Å². The lowest BCUT2D eigenvalue weighted by molar-refractivity contribution is -0.133. The molecule has 3 nitrogen and oxygen atoms in total. The number of carbonyl (C=O) groups is 1. The molecular weight excluding hydrogens is 184 g/mol. The van der Waals surface area contributed by atoms with E-state index in [9.17, 15) is 4.79 Å². The Morgan fingerprint density at radius 1 is 1.91 bits per heavy atom. The lowest BCUT2D eigenvalue weighted by Gasteiger charge is -2.06. The molecule has 1 aliphatic rings. The Morgan fingerprint density at radius 2 is 2.55 bits per heavy atom. The zero-order valence-electron chi connectivity index (χ0n) is 5.57. The predicted octanol–water partition coefficient (Wildman–Crippen LogP) is 1.04. The predicted molar refractivity (Wildman–Crippen MR) is 46.7 cm³/mol. The minimum Gasteiger partial charge on any atom is -0.478 e. The average molecular weight is 190 g/mol. The Balaban J connectivity index is 2.56. The molecule has 1 heterocycles. The summed E-state index contributed by atoms with van der Waals surface area (Å²) >= 11 is 6.04. The number of hydrogen-bond donors (Lipinski definition) is 1. The summed E-state index contributed by atoms with van der Waals surface area (Å²) in [5, 5.41) is 8.50. The molecule has 5 heteroatoms. The van der Waals surface area contributed by atoms with E-state index in [1.807, 2.05) is 0 Å². The Kier molecular flexibility index (Phi) is 2.51. The van der Waals surface area contributed by atoms with E-state index in [1.54, 1.807) is 0 Å². The van der Waals surface area contributed by atoms with E-state index in [0.717, 1.165) is 0 Å². The number of rotatable bonds is 2. The average Bonchev–Trinajstić information content (AvgIpc) is 2.34. The normalized spacial score (nSPS) is 22.9. The van der Waals surface area contributed by atoms with Crippen LogP contribution in [-0.2, 0) is 9.53 Å². The maximum atomic E-state index is 10.4. The molecule has 0 radical (unpaired) electrons. The summed E-state index contributed by atoms with van der Waals surface area (Å²) in [5.74, 6) is -0.468. The molecule has 1 atom stereocenters. The number of hydrogen-bond acceptors (Lipinski definition) is 4. The second kappa shape index (κ2) is 3.23. The van der Waals surface area contributed by atoms with E-state index in [0.29, 0.717) is 10.1 Å². The summed E-state index contributed by atoms with van der Waals surface area (Å²) < 4.78 is 5.40. The molecule has 1 rings (SSSR count). The minimum atomic E-state index is -1.03. The number of ether oxygens (including phenoxy) is 1. The van der Waals surface area contributed by atoms with Crippen LogP contribution in [-0.4, -0.2) is 27.3 Å². The first-order valence-electron chi connectivity index (χ1n) is 2.86. The molecule has 1 fully saturated rings. The van der Waals surface area contributed by atoms with Crippen LogP contribution in [0.5, 0.6) is 0 Å². The van der Waals surface area contributed by atoms with Crippen molar-refractivity contribution in [2.75, 3.05) is 5.75 Å². The fourth-order valence-corrected chi connectivity index (χ4v) is 1.70. The van der Waals surface area contributed by atoms with Crippen LogP contribution in [0.4, 0.5) is 0 Å². The molecule has 0 aromatic heterocycles. The molecule has 1 saturated heterocycles. The Hall–Kier alpha value is -0.550. The van der Waals surface area contributed by atoms with Crippen LogP contribution in [0.3, 0.4) is 0 Å². The molecule has 1 unspecified atom stereocenters. The summed E-state index contributed by atoms with van der Waals surface area (Å²) in [6, 6.07) is 0. The number of thioether (sulfide) groups is 1. The van der Waals surface area contributed by atoms with Gasteiger partial charge < -0.3 is 9.84 Å². The number of thiocarbonyl (C=S) groups is 1. The van der Waals surface area contributed by atoms with E-state index < -0.39 is 12.1 Å². The minimum absolute atomic E-state index is 0.0670. The van der Waals surface area contributed by atoms with Crippen LogP contribution in [0.25, 0.3) is 0 Å². The van der Waals surface area contributed by atoms with Gasteiger partial charge in [-0.2, -0.15) is 0 Å². The van der Waals surface area contributed by atoms with E-state index in [1.165, 1.54) is 11.8 Å². The monoisotopic (exact) mass is 190 g/mol. The quantitative estimate of drug-likeness (QED) is 0.521. The zero-order chi connectivity index (χ0) is 8.43. The van der Waals surface area contributed by atoms with Crippen molar-refractivity contribution < 1.29 is 14.6 Å². The van der Waals surface area contributed by atoms with E-state index in [4.69, 9.17) is 22.1 Å². The highest BCUT2D eigenvalue weighted by Crippen LogP contribution is 2.24. The topological polar surface area (TPSA) is 46.5 Å². The van der Waals surface area contributed by atoms with Gasteiger partial charge >= 0.3 is 5.97 Å². The van der Waals surface area contributed by atoms with E-state index in [-0.39, 0.29) is 5.57 Å². The Bertz CT molecular complexity index is 224. The van der Waals surface area contributed by atoms with Crippen molar-refractivity contribution in [1.82, 2.24) is 0 Å². The van der Waals surface area contributed by atoms with Gasteiger partial charge in [-0.3, -0.25) is 0 Å². The smallest absolute Gasteiger partial charge is 0.334 e. The van der Waals surface area contributed by atoms with Gasteiger partial charge in [0.1, 0.15) is 6.10 Å². The molecule has 0 bridgehead atoms. The van der Waals surface area contributed by atoms with Gasteiger partial charge in [-0.05, 0) is 12.2 Å². The number of carboxylic acid groups (broad SMARTS) is 1. The SMILES string of the molecule is C=C(C(=O)O)C1CSC(=S)O1. The van der Waals surface area contributed by atoms with Crippen molar-refractivity contribution in [3.05, 3.63) is 12.2 Å². The maximum Gasteiger partial charge on any atom is 0.334 e. The summed E-state index contributed by atoms with van der Waals surface area (Å²) in [7, 11) is 0. The molecule has 60 valence electrons. The first-order chi connectivity index (χ1) is 5.11. The highest BCUT2D eigenvalue weighted by Gasteiger charge is 2.27. The van der Waals surface area contributed by atoms with Crippen molar-refractivity contribution in [3.63, 3.8) is 0 Å². The number of aliphatic carboxylic acids is 1. The third kappa shape index (κ3) is 1.94. The molecule has 0 saturated carbocycles. The highest BCUT2D eigenvalue weighted by molar-refractivity contribution is 8.22. The molecule has 0 amide bonds. The second-order valence-electron chi connectivity index (χ2n) is 2.00. The van der Waals surface area contributed by atoms with Gasteiger partial charge in [0.15, 0.2) is 0 Å². The number of carboxylic acids is 1. The third-order valence-electron chi connectivity index (χ3n) is 1.25. The van der Waals surface area contributed by atoms with Gasteiger partial charge in [0.05, 0.1) is 5.57 Å². The summed E-state index contributed by atoms with van der Waals surface area (Å²) in [4.78, 5) is 10.4. The van der Waals surface area contributed by atoms with Crippen molar-refractivity contribution >= 4 is 34.3 Å². The molecule has 1 N–H and O–H groups in total. The molecule has 0 aromatic carbocycles. The van der Waals surface area contributed by atoms with Crippen LogP contribution in [0, 0.1) is 0 Å². The van der Waals surface area contributed by atoms with Crippen LogP contribution in [0.1, 0.15) is 0 Å². The molecule has 11 heavy (non-hydrogen) atoms. The van der Waals surface area contributed by atoms with Crippen LogP contribution < -0.4 is 0 Å². The van der Waals surface area contributed by atoms with E-state index in [2.05, 4.69) is 6.58 Å². The van der Waals surface area contributed by atoms with Gasteiger partial charge in [0.2, 0.25) is 4.38 Å². The fraction of sp³-hybridized carbons (Fsp3) is 0.333. The van der Waals surface area contributed by atoms with Crippen LogP contribution in [0.15, 0.2) is 12.2 Å². The summed E-state index contributed by atoms with van der Waals surface area (Å²) in [5.41, 5.74) is 0.0670. The van der Waals surface area contributed by atoms with Gasteiger partial charge in [0.25, 0.3) is 0 Å². The lowest BCUT2D eigenvalue weighted by Crippen LogP contribution is -2.18. The summed E-state index contributed by atoms with van der Waals surface area (Å²) in [6.07, 6.45) is -0.440. The van der Waals surface area contributed by atoms with Crippen molar-refractivity contribution in [2.45, 2.75) is 6.10 Å². The summed E-state index contributed by atoms with van der Waals surface area (Å²) in [6.45, 7) is 3.37. The zero-order valence-corrected chi connectivity index (χ0v) is 7.20. The molecule has 0 aliphatic carbocycles. The van der Waals surface area contributed by atoms with Crippen LogP contribution >= 0.6 is 24.0 Å². The van der Waals surface area contributed by atoms with Crippen molar-refractivity contribution in [2.24, 2.45) is 0 Å². The first kappa shape index (κ1) is 8.55. The van der Waals surface area contributed by atoms with Gasteiger partial charge in [-0.15, -0.1) is 0 Å². The maximum absolute atomic E-state index is 10.4. The first-order valence-corrected chi connectivity index (χ1v) is 4.26. The van der Waals surface area contributed by atoms with Gasteiger partial charge in [-0.25, -0.2) is 4.79 Å². The molecule has 1 aliphatic heterocycles. The van der Waals surface area contributed by atoms with Crippen molar-refractivity contribution in [1.29, 1.82) is 0 Å². The molecule has 0 aromatic rings. The fourth-order valence-electron chi connectivity index (χ4n) is 0.637. The largest absolute Gasteiger partial charge is 0.478 e. The van der Waals surface area contributed by atoms with Gasteiger partial charge in [0, 0.05) is 5.75 Å². The molecule has 0 spiro atoms. The highest BCUT2D eigenvalue weighted by atomic mass is 32.2.